The molecule has 86 valence electrons. The van der Waals surface area contributed by atoms with Gasteiger partial charge in [-0.3, -0.25) is 4.68 Å². The highest BCUT2D eigenvalue weighted by molar-refractivity contribution is 9.10. The van der Waals surface area contributed by atoms with Crippen molar-refractivity contribution < 1.29 is 5.11 Å². The summed E-state index contributed by atoms with van der Waals surface area (Å²) in [5.41, 5.74) is 2.48. The Morgan fingerprint density at radius 3 is 2.88 bits per heavy atom. The second-order valence-electron chi connectivity index (χ2n) is 3.52. The molecule has 16 heavy (non-hydrogen) atoms. The molecule has 2 rings (SSSR count). The molecule has 5 nitrogen and oxygen atoms in total. The van der Waals surface area contributed by atoms with E-state index in [4.69, 9.17) is 0 Å². The van der Waals surface area contributed by atoms with Gasteiger partial charge in [0.25, 0.3) is 0 Å². The summed E-state index contributed by atoms with van der Waals surface area (Å²) in [5.74, 6) is 0. The predicted octanol–water partition coefficient (Wildman–Crippen LogP) is 1.62. The van der Waals surface area contributed by atoms with Gasteiger partial charge in [0.1, 0.15) is 11.8 Å². The minimum atomic E-state index is -0.634. The second-order valence-corrected chi connectivity index (χ2v) is 4.92. The van der Waals surface area contributed by atoms with Crippen LogP contribution in [0.3, 0.4) is 0 Å². The van der Waals surface area contributed by atoms with Gasteiger partial charge in [-0.2, -0.15) is 5.10 Å². The molecule has 0 aliphatic rings. The van der Waals surface area contributed by atoms with E-state index in [0.717, 1.165) is 15.9 Å². The van der Waals surface area contributed by atoms with E-state index >= 15 is 0 Å². The van der Waals surface area contributed by atoms with Crippen molar-refractivity contribution in [3.63, 3.8) is 0 Å². The molecule has 2 aromatic rings. The zero-order valence-electron chi connectivity index (χ0n) is 8.88. The van der Waals surface area contributed by atoms with Crippen LogP contribution in [0.25, 0.3) is 0 Å². The number of hydrogen-bond acceptors (Lipinski definition) is 5. The Bertz CT molecular complexity index is 482. The number of aromatic nitrogens is 4. The molecule has 0 aliphatic carbocycles. The van der Waals surface area contributed by atoms with E-state index in [-0.39, 0.29) is 0 Å². The standard InChI is InChI=1S/C9H11BrN4OS/c1-5-9(10)7(14(2)12-5)3-8(15)6-4-16-13-11-6/h4,8,15H,3H2,1-2H3. The normalized spacial score (nSPS) is 13.0. The zero-order chi connectivity index (χ0) is 11.7. The summed E-state index contributed by atoms with van der Waals surface area (Å²) in [6.07, 6.45) is -0.159. The average Bonchev–Trinajstić information content (AvgIpc) is 2.83. The first-order valence-electron chi connectivity index (χ1n) is 4.72. The van der Waals surface area contributed by atoms with Gasteiger partial charge in [0, 0.05) is 18.8 Å². The van der Waals surface area contributed by atoms with Crippen LogP contribution in [0.2, 0.25) is 0 Å². The third kappa shape index (κ3) is 2.16. The van der Waals surface area contributed by atoms with Crippen molar-refractivity contribution >= 4 is 27.5 Å². The summed E-state index contributed by atoms with van der Waals surface area (Å²) in [4.78, 5) is 0. The Morgan fingerprint density at radius 2 is 2.38 bits per heavy atom. The van der Waals surface area contributed by atoms with Crippen molar-refractivity contribution in [2.75, 3.05) is 0 Å². The Kier molecular flexibility index (Phi) is 3.36. The van der Waals surface area contributed by atoms with E-state index in [2.05, 4.69) is 30.6 Å². The van der Waals surface area contributed by atoms with Gasteiger partial charge in [-0.05, 0) is 34.4 Å². The molecule has 1 N–H and O–H groups in total. The van der Waals surface area contributed by atoms with Gasteiger partial charge in [-0.1, -0.05) is 4.49 Å². The van der Waals surface area contributed by atoms with E-state index in [1.165, 1.54) is 11.5 Å². The molecule has 0 radical (unpaired) electrons. The first-order valence-corrected chi connectivity index (χ1v) is 6.35. The first kappa shape index (κ1) is 11.7. The summed E-state index contributed by atoms with van der Waals surface area (Å²) in [5, 5.41) is 19.8. The average molecular weight is 303 g/mol. The van der Waals surface area contributed by atoms with Crippen molar-refractivity contribution in [3.05, 3.63) is 26.9 Å². The molecule has 0 aliphatic heterocycles. The third-order valence-corrected chi connectivity index (χ3v) is 3.92. The van der Waals surface area contributed by atoms with Crippen LogP contribution >= 0.6 is 27.5 Å². The van der Waals surface area contributed by atoms with Crippen LogP contribution in [0.15, 0.2) is 9.85 Å². The highest BCUT2D eigenvalue weighted by atomic mass is 79.9. The fourth-order valence-electron chi connectivity index (χ4n) is 1.51. The topological polar surface area (TPSA) is 63.8 Å². The van der Waals surface area contributed by atoms with Crippen molar-refractivity contribution in [2.45, 2.75) is 19.4 Å². The van der Waals surface area contributed by atoms with Crippen LogP contribution in [-0.2, 0) is 13.5 Å². The summed E-state index contributed by atoms with van der Waals surface area (Å²) in [6.45, 7) is 1.92. The summed E-state index contributed by atoms with van der Waals surface area (Å²) in [6, 6.07) is 0. The highest BCUT2D eigenvalue weighted by Gasteiger charge is 2.17. The van der Waals surface area contributed by atoms with E-state index < -0.39 is 6.10 Å². The summed E-state index contributed by atoms with van der Waals surface area (Å²) < 4.78 is 6.44. The van der Waals surface area contributed by atoms with Crippen LogP contribution in [0, 0.1) is 6.92 Å². The molecule has 2 aromatic heterocycles. The van der Waals surface area contributed by atoms with Gasteiger partial charge in [0.15, 0.2) is 0 Å². The summed E-state index contributed by atoms with van der Waals surface area (Å²) >= 11 is 4.70. The minimum Gasteiger partial charge on any atom is -0.386 e. The molecule has 0 bridgehead atoms. The monoisotopic (exact) mass is 302 g/mol. The van der Waals surface area contributed by atoms with Gasteiger partial charge in [0.2, 0.25) is 0 Å². The molecule has 2 heterocycles. The zero-order valence-corrected chi connectivity index (χ0v) is 11.3. The molecule has 1 atom stereocenters. The van der Waals surface area contributed by atoms with Crippen LogP contribution < -0.4 is 0 Å². The van der Waals surface area contributed by atoms with Gasteiger partial charge >= 0.3 is 0 Å². The van der Waals surface area contributed by atoms with Crippen LogP contribution in [0.5, 0.6) is 0 Å². The van der Waals surface area contributed by atoms with E-state index in [9.17, 15) is 5.11 Å². The van der Waals surface area contributed by atoms with E-state index in [0.29, 0.717) is 12.1 Å². The lowest BCUT2D eigenvalue weighted by Gasteiger charge is -2.07. The van der Waals surface area contributed by atoms with Gasteiger partial charge in [-0.25, -0.2) is 0 Å². The number of rotatable bonds is 3. The molecule has 0 saturated heterocycles. The lowest BCUT2D eigenvalue weighted by molar-refractivity contribution is 0.170. The molecule has 0 aromatic carbocycles. The van der Waals surface area contributed by atoms with Gasteiger partial charge < -0.3 is 5.11 Å². The lowest BCUT2D eigenvalue weighted by Crippen LogP contribution is -2.07. The molecular weight excluding hydrogens is 292 g/mol. The maximum Gasteiger partial charge on any atom is 0.104 e. The molecule has 1 unspecified atom stereocenters. The number of aliphatic hydroxyl groups excluding tert-OH is 1. The van der Waals surface area contributed by atoms with Crippen LogP contribution in [-0.4, -0.2) is 24.5 Å². The number of hydrogen-bond donors (Lipinski definition) is 1. The molecule has 7 heteroatoms. The third-order valence-electron chi connectivity index (χ3n) is 2.37. The number of aliphatic hydroxyl groups is 1. The number of aryl methyl sites for hydroxylation is 2. The molecule has 0 saturated carbocycles. The molecule has 0 fully saturated rings. The van der Waals surface area contributed by atoms with Gasteiger partial charge in [0.05, 0.1) is 15.9 Å². The first-order chi connectivity index (χ1) is 7.59. The Labute approximate surface area is 105 Å². The quantitative estimate of drug-likeness (QED) is 0.936. The maximum absolute atomic E-state index is 9.96. The lowest BCUT2D eigenvalue weighted by atomic mass is 10.1. The SMILES string of the molecule is Cc1nn(C)c(CC(O)c2csnn2)c1Br. The van der Waals surface area contributed by atoms with Crippen molar-refractivity contribution in [2.24, 2.45) is 7.05 Å². The minimum absolute atomic E-state index is 0.476. The predicted molar refractivity (Wildman–Crippen MR) is 64.2 cm³/mol. The van der Waals surface area contributed by atoms with Crippen molar-refractivity contribution in [1.82, 2.24) is 19.4 Å². The largest absolute Gasteiger partial charge is 0.386 e. The van der Waals surface area contributed by atoms with Crippen molar-refractivity contribution in [3.8, 4) is 0 Å². The number of nitrogens with zero attached hydrogens (tertiary/aromatic N) is 4. The maximum atomic E-state index is 9.96. The molecule has 0 spiro atoms. The second kappa shape index (κ2) is 4.60. The molecular formula is C9H11BrN4OS. The Morgan fingerprint density at radius 1 is 1.62 bits per heavy atom. The molecule has 0 amide bonds. The summed E-state index contributed by atoms with van der Waals surface area (Å²) in [7, 11) is 1.86. The smallest absolute Gasteiger partial charge is 0.104 e. The van der Waals surface area contributed by atoms with Crippen LogP contribution in [0.1, 0.15) is 23.2 Å². The van der Waals surface area contributed by atoms with Gasteiger partial charge in [-0.15, -0.1) is 5.10 Å². The van der Waals surface area contributed by atoms with Crippen molar-refractivity contribution in [1.29, 1.82) is 0 Å². The fourth-order valence-corrected chi connectivity index (χ4v) is 2.51. The van der Waals surface area contributed by atoms with E-state index in [1.54, 1.807) is 10.1 Å². The Hall–Kier alpha value is -0.790. The Balaban J connectivity index is 2.21. The van der Waals surface area contributed by atoms with E-state index in [1.807, 2.05) is 14.0 Å². The fraction of sp³-hybridized carbons (Fsp3) is 0.444. The van der Waals surface area contributed by atoms with Crippen LogP contribution in [0.4, 0.5) is 0 Å². The highest BCUT2D eigenvalue weighted by Crippen LogP contribution is 2.25. The number of halogens is 1.